The summed E-state index contributed by atoms with van der Waals surface area (Å²) in [6.45, 7) is 2.14. The van der Waals surface area contributed by atoms with Crippen molar-refractivity contribution >= 4 is 23.6 Å². The van der Waals surface area contributed by atoms with Gasteiger partial charge in [-0.1, -0.05) is 30.3 Å². The van der Waals surface area contributed by atoms with E-state index in [1.807, 2.05) is 30.3 Å². The largest absolute Gasteiger partial charge is 0.465 e. The molecule has 1 heterocycles. The molecule has 1 aliphatic heterocycles. The zero-order valence-corrected chi connectivity index (χ0v) is 16.1. The van der Waals surface area contributed by atoms with Crippen LogP contribution < -0.4 is 0 Å². The van der Waals surface area contributed by atoms with Gasteiger partial charge in [0.15, 0.2) is 0 Å². The Balaban J connectivity index is 1.92. The number of hydrogen-bond acceptors (Lipinski definition) is 5. The van der Waals surface area contributed by atoms with Gasteiger partial charge in [0.2, 0.25) is 0 Å². The van der Waals surface area contributed by atoms with Gasteiger partial charge in [0.25, 0.3) is 11.6 Å². The van der Waals surface area contributed by atoms with Crippen molar-refractivity contribution in [2.45, 2.75) is 13.3 Å². The first kappa shape index (κ1) is 20.0. The van der Waals surface area contributed by atoms with Crippen molar-refractivity contribution in [1.29, 1.82) is 0 Å². The Bertz CT molecular complexity index is 1010. The van der Waals surface area contributed by atoms with Crippen molar-refractivity contribution in [3.63, 3.8) is 0 Å². The SMILES string of the molecule is COC(=O)C1=C(C)N(CCc2ccccc2)C(=O)/C1=C\c1ccc([N+](=O)[O-])cc1. The van der Waals surface area contributed by atoms with Crippen LogP contribution in [-0.2, 0) is 20.7 Å². The molecular weight excluding hydrogens is 372 g/mol. The second kappa shape index (κ2) is 8.52. The minimum atomic E-state index is -0.591. The van der Waals surface area contributed by atoms with Crippen LogP contribution in [0.1, 0.15) is 18.1 Å². The maximum Gasteiger partial charge on any atom is 0.340 e. The van der Waals surface area contributed by atoms with Crippen LogP contribution in [0, 0.1) is 10.1 Å². The quantitative estimate of drug-likeness (QED) is 0.325. The molecular formula is C22H20N2O5. The standard InChI is InChI=1S/C22H20N2O5/c1-15-20(22(26)29-2)19(14-17-8-10-18(11-9-17)24(27)28)21(25)23(15)13-12-16-6-4-3-5-7-16/h3-11,14H,12-13H2,1-2H3/b19-14-. The van der Waals surface area contributed by atoms with Crippen molar-refractivity contribution in [3.8, 4) is 0 Å². The molecule has 148 valence electrons. The third-order valence-corrected chi connectivity index (χ3v) is 4.78. The minimum absolute atomic E-state index is 0.0469. The van der Waals surface area contributed by atoms with E-state index in [1.165, 1.54) is 31.4 Å². The average molecular weight is 392 g/mol. The Labute approximate surface area is 168 Å². The molecule has 2 aromatic rings. The predicted molar refractivity (Wildman–Crippen MR) is 108 cm³/mol. The highest BCUT2D eigenvalue weighted by molar-refractivity contribution is 6.16. The Morgan fingerprint density at radius 2 is 1.79 bits per heavy atom. The van der Waals surface area contributed by atoms with E-state index in [0.717, 1.165) is 5.56 Å². The third-order valence-electron chi connectivity index (χ3n) is 4.78. The number of hydrogen-bond donors (Lipinski definition) is 0. The summed E-state index contributed by atoms with van der Waals surface area (Å²) < 4.78 is 4.88. The zero-order chi connectivity index (χ0) is 21.0. The minimum Gasteiger partial charge on any atom is -0.465 e. The first-order chi connectivity index (χ1) is 13.9. The van der Waals surface area contributed by atoms with E-state index in [2.05, 4.69) is 0 Å². The average Bonchev–Trinajstić information content (AvgIpc) is 2.96. The Morgan fingerprint density at radius 1 is 1.14 bits per heavy atom. The molecule has 7 nitrogen and oxygen atoms in total. The fourth-order valence-corrected chi connectivity index (χ4v) is 3.24. The Hall–Kier alpha value is -3.74. The number of nitrogens with zero attached hydrogens (tertiary/aromatic N) is 2. The number of nitro benzene ring substituents is 1. The molecule has 0 spiro atoms. The van der Waals surface area contributed by atoms with Gasteiger partial charge in [0, 0.05) is 24.4 Å². The molecule has 0 fully saturated rings. The summed E-state index contributed by atoms with van der Waals surface area (Å²) in [6.07, 6.45) is 2.20. The van der Waals surface area contributed by atoms with Gasteiger partial charge in [-0.2, -0.15) is 0 Å². The number of esters is 1. The molecule has 0 N–H and O–H groups in total. The van der Waals surface area contributed by atoms with Crippen LogP contribution in [0.3, 0.4) is 0 Å². The summed E-state index contributed by atoms with van der Waals surface area (Å²) in [5.74, 6) is -0.886. The van der Waals surface area contributed by atoms with Crippen molar-refractivity contribution in [1.82, 2.24) is 4.90 Å². The van der Waals surface area contributed by atoms with Gasteiger partial charge >= 0.3 is 5.97 Å². The fourth-order valence-electron chi connectivity index (χ4n) is 3.24. The topological polar surface area (TPSA) is 89.8 Å². The van der Waals surface area contributed by atoms with E-state index in [4.69, 9.17) is 4.74 Å². The molecule has 29 heavy (non-hydrogen) atoms. The Kier molecular flexibility index (Phi) is 5.87. The maximum atomic E-state index is 13.0. The molecule has 1 amide bonds. The highest BCUT2D eigenvalue weighted by Gasteiger charge is 2.36. The van der Waals surface area contributed by atoms with Crippen LogP contribution in [0.25, 0.3) is 6.08 Å². The van der Waals surface area contributed by atoms with Gasteiger partial charge < -0.3 is 9.64 Å². The molecule has 0 aliphatic carbocycles. The van der Waals surface area contributed by atoms with Crippen molar-refractivity contribution in [2.24, 2.45) is 0 Å². The lowest BCUT2D eigenvalue weighted by molar-refractivity contribution is -0.384. The number of benzene rings is 2. The van der Waals surface area contributed by atoms with Crippen molar-refractivity contribution in [3.05, 3.63) is 92.7 Å². The number of rotatable bonds is 6. The zero-order valence-electron chi connectivity index (χ0n) is 16.1. The molecule has 0 radical (unpaired) electrons. The Morgan fingerprint density at radius 3 is 2.38 bits per heavy atom. The van der Waals surface area contributed by atoms with E-state index in [0.29, 0.717) is 24.2 Å². The van der Waals surface area contributed by atoms with Gasteiger partial charge in [0.1, 0.15) is 0 Å². The van der Waals surface area contributed by atoms with Gasteiger partial charge in [0.05, 0.1) is 23.2 Å². The number of ether oxygens (including phenoxy) is 1. The maximum absolute atomic E-state index is 13.0. The summed E-state index contributed by atoms with van der Waals surface area (Å²) in [5, 5.41) is 10.8. The van der Waals surface area contributed by atoms with Gasteiger partial charge in [-0.25, -0.2) is 4.79 Å². The molecule has 2 aromatic carbocycles. The number of nitro groups is 1. The molecule has 0 bridgehead atoms. The lowest BCUT2D eigenvalue weighted by Crippen LogP contribution is -2.27. The van der Waals surface area contributed by atoms with E-state index >= 15 is 0 Å². The first-order valence-corrected chi connectivity index (χ1v) is 9.04. The van der Waals surface area contributed by atoms with E-state index in [-0.39, 0.29) is 22.7 Å². The van der Waals surface area contributed by atoms with E-state index < -0.39 is 10.9 Å². The van der Waals surface area contributed by atoms with Gasteiger partial charge in [-0.3, -0.25) is 14.9 Å². The smallest absolute Gasteiger partial charge is 0.340 e. The van der Waals surface area contributed by atoms with Crippen LogP contribution in [0.5, 0.6) is 0 Å². The van der Waals surface area contributed by atoms with Gasteiger partial charge in [-0.05, 0) is 42.7 Å². The van der Waals surface area contributed by atoms with Crippen molar-refractivity contribution < 1.29 is 19.2 Å². The van der Waals surface area contributed by atoms with E-state index in [9.17, 15) is 19.7 Å². The summed E-state index contributed by atoms with van der Waals surface area (Å²) in [7, 11) is 1.27. The van der Waals surface area contributed by atoms with Gasteiger partial charge in [-0.15, -0.1) is 0 Å². The highest BCUT2D eigenvalue weighted by Crippen LogP contribution is 2.32. The summed E-state index contributed by atoms with van der Waals surface area (Å²) >= 11 is 0. The number of amides is 1. The second-order valence-electron chi connectivity index (χ2n) is 6.55. The summed E-state index contributed by atoms with van der Waals surface area (Å²) in [4.78, 5) is 37.3. The molecule has 1 aliphatic rings. The number of carbonyl (C=O) groups excluding carboxylic acids is 2. The predicted octanol–water partition coefficient (Wildman–Crippen LogP) is 3.51. The van der Waals surface area contributed by atoms with E-state index in [1.54, 1.807) is 17.9 Å². The molecule has 0 unspecified atom stereocenters. The van der Waals surface area contributed by atoms with Crippen LogP contribution in [0.2, 0.25) is 0 Å². The number of allylic oxidation sites excluding steroid dienone is 1. The van der Waals surface area contributed by atoms with Crippen LogP contribution in [-0.4, -0.2) is 35.4 Å². The third kappa shape index (κ3) is 4.24. The lowest BCUT2D eigenvalue weighted by atomic mass is 10.0. The monoisotopic (exact) mass is 392 g/mol. The first-order valence-electron chi connectivity index (χ1n) is 9.04. The lowest BCUT2D eigenvalue weighted by Gasteiger charge is -2.17. The summed E-state index contributed by atoms with van der Waals surface area (Å²) in [5.41, 5.74) is 2.58. The molecule has 0 saturated heterocycles. The number of carbonyl (C=O) groups is 2. The number of non-ortho nitro benzene ring substituents is 1. The summed E-state index contributed by atoms with van der Waals surface area (Å²) in [6, 6.07) is 15.5. The molecule has 7 heteroatoms. The van der Waals surface area contributed by atoms with Crippen molar-refractivity contribution in [2.75, 3.05) is 13.7 Å². The second-order valence-corrected chi connectivity index (χ2v) is 6.55. The molecule has 0 saturated carbocycles. The van der Waals surface area contributed by atoms with Crippen LogP contribution >= 0.6 is 0 Å². The normalized spacial score (nSPS) is 15.2. The molecule has 3 rings (SSSR count). The van der Waals surface area contributed by atoms with Crippen LogP contribution in [0.4, 0.5) is 5.69 Å². The highest BCUT2D eigenvalue weighted by atomic mass is 16.6. The van der Waals surface area contributed by atoms with Crippen LogP contribution in [0.15, 0.2) is 71.4 Å². The molecule has 0 aromatic heterocycles. The fraction of sp³-hybridized carbons (Fsp3) is 0.182. The number of methoxy groups -OCH3 is 1. The molecule has 0 atom stereocenters.